The summed E-state index contributed by atoms with van der Waals surface area (Å²) < 4.78 is 16.4. The number of carbonyl (C=O) groups is 2. The van der Waals surface area contributed by atoms with E-state index in [1.165, 1.54) is 0 Å². The van der Waals surface area contributed by atoms with Crippen LogP contribution in [0.15, 0.2) is 18.2 Å². The van der Waals surface area contributed by atoms with Crippen LogP contribution in [0.4, 0.5) is 5.69 Å². The van der Waals surface area contributed by atoms with Crippen LogP contribution < -0.4 is 20.5 Å². The topological polar surface area (TPSA) is 103 Å². The highest BCUT2D eigenvalue weighted by Gasteiger charge is 2.41. The van der Waals surface area contributed by atoms with Gasteiger partial charge in [-0.25, -0.2) is 0 Å². The average molecular weight is 377 g/mol. The molecule has 3 N–H and O–H groups in total. The molecule has 2 aliphatic heterocycles. The van der Waals surface area contributed by atoms with Crippen LogP contribution in [-0.4, -0.2) is 62.8 Å². The Labute approximate surface area is 158 Å². The van der Waals surface area contributed by atoms with E-state index in [0.717, 1.165) is 0 Å². The monoisotopic (exact) mass is 377 g/mol. The number of fused-ring (bicyclic) bond motifs is 1. The van der Waals surface area contributed by atoms with Crippen LogP contribution in [0.3, 0.4) is 0 Å². The molecule has 8 heteroatoms. The molecule has 27 heavy (non-hydrogen) atoms. The zero-order chi connectivity index (χ0) is 19.3. The van der Waals surface area contributed by atoms with Crippen molar-refractivity contribution < 1.29 is 23.8 Å². The van der Waals surface area contributed by atoms with Gasteiger partial charge in [0.15, 0.2) is 11.5 Å². The van der Waals surface area contributed by atoms with Crippen LogP contribution in [0, 0.1) is 5.41 Å². The van der Waals surface area contributed by atoms with Crippen molar-refractivity contribution in [1.29, 1.82) is 0 Å². The predicted octanol–water partition coefficient (Wildman–Crippen LogP) is 1.00. The second-order valence-corrected chi connectivity index (χ2v) is 6.82. The number of ether oxygens (including phenoxy) is 3. The number of nitrogens with one attached hydrogen (secondary N) is 1. The molecule has 0 bridgehead atoms. The summed E-state index contributed by atoms with van der Waals surface area (Å²) in [6, 6.07) is 5.24. The zero-order valence-corrected chi connectivity index (χ0v) is 15.7. The first-order valence-corrected chi connectivity index (χ1v) is 9.34. The van der Waals surface area contributed by atoms with Gasteiger partial charge in [-0.1, -0.05) is 0 Å². The van der Waals surface area contributed by atoms with Gasteiger partial charge in [0.05, 0.1) is 12.0 Å². The second-order valence-electron chi connectivity index (χ2n) is 6.82. The minimum atomic E-state index is -0.633. The smallest absolute Gasteiger partial charge is 0.243 e. The van der Waals surface area contributed by atoms with Gasteiger partial charge >= 0.3 is 0 Å². The highest BCUT2D eigenvalue weighted by molar-refractivity contribution is 5.95. The third-order valence-corrected chi connectivity index (χ3v) is 5.12. The van der Waals surface area contributed by atoms with E-state index in [2.05, 4.69) is 5.32 Å². The van der Waals surface area contributed by atoms with Gasteiger partial charge in [0, 0.05) is 38.1 Å². The fraction of sp³-hybridized carbons (Fsp3) is 0.579. The third-order valence-electron chi connectivity index (χ3n) is 5.12. The molecule has 0 aromatic heterocycles. The SMILES string of the molecule is CCN(CC(=O)Nc1ccc2c(c1)OCCO2)C(=O)C1(CN)CCOCC1. The Bertz CT molecular complexity index is 688. The number of hydrogen-bond acceptors (Lipinski definition) is 6. The maximum Gasteiger partial charge on any atom is 0.243 e. The van der Waals surface area contributed by atoms with E-state index in [9.17, 15) is 9.59 Å². The molecule has 0 atom stereocenters. The third kappa shape index (κ3) is 4.33. The second kappa shape index (κ2) is 8.58. The van der Waals surface area contributed by atoms with Crippen molar-refractivity contribution in [3.8, 4) is 11.5 Å². The number of hydrogen-bond donors (Lipinski definition) is 2. The maximum atomic E-state index is 13.0. The molecule has 1 aromatic rings. The van der Waals surface area contributed by atoms with E-state index >= 15 is 0 Å². The molecule has 2 amide bonds. The number of carbonyl (C=O) groups excluding carboxylic acids is 2. The molecule has 1 fully saturated rings. The summed E-state index contributed by atoms with van der Waals surface area (Å²) in [5.74, 6) is 0.926. The maximum absolute atomic E-state index is 13.0. The van der Waals surface area contributed by atoms with E-state index in [-0.39, 0.29) is 24.9 Å². The lowest BCUT2D eigenvalue weighted by molar-refractivity contribution is -0.148. The van der Waals surface area contributed by atoms with E-state index in [0.29, 0.717) is 63.0 Å². The molecule has 8 nitrogen and oxygen atoms in total. The Kier molecular flexibility index (Phi) is 6.18. The van der Waals surface area contributed by atoms with Crippen molar-refractivity contribution in [2.24, 2.45) is 11.1 Å². The molecule has 148 valence electrons. The van der Waals surface area contributed by atoms with Gasteiger partial charge in [0.25, 0.3) is 0 Å². The molecule has 2 heterocycles. The Morgan fingerprint density at radius 2 is 1.85 bits per heavy atom. The van der Waals surface area contributed by atoms with Crippen LogP contribution in [0.25, 0.3) is 0 Å². The number of anilines is 1. The molecule has 0 spiro atoms. The van der Waals surface area contributed by atoms with Gasteiger partial charge < -0.3 is 30.2 Å². The molecule has 1 aromatic carbocycles. The number of nitrogens with two attached hydrogens (primary N) is 1. The van der Waals surface area contributed by atoms with Crippen LogP contribution in [0.5, 0.6) is 11.5 Å². The number of nitrogens with zero attached hydrogens (tertiary/aromatic N) is 1. The minimum Gasteiger partial charge on any atom is -0.486 e. The molecule has 0 aliphatic carbocycles. The van der Waals surface area contributed by atoms with Crippen LogP contribution in [0.2, 0.25) is 0 Å². The molecule has 2 aliphatic rings. The molecular weight excluding hydrogens is 350 g/mol. The highest BCUT2D eigenvalue weighted by atomic mass is 16.6. The van der Waals surface area contributed by atoms with Gasteiger partial charge in [-0.3, -0.25) is 9.59 Å². The molecular formula is C19H27N3O5. The first kappa shape index (κ1) is 19.4. The van der Waals surface area contributed by atoms with E-state index in [1.807, 2.05) is 6.92 Å². The van der Waals surface area contributed by atoms with Gasteiger partial charge in [0.2, 0.25) is 11.8 Å². The molecule has 0 radical (unpaired) electrons. The van der Waals surface area contributed by atoms with Crippen LogP contribution >= 0.6 is 0 Å². The Balaban J connectivity index is 1.63. The lowest BCUT2D eigenvalue weighted by atomic mass is 9.79. The zero-order valence-electron chi connectivity index (χ0n) is 15.7. The summed E-state index contributed by atoms with van der Waals surface area (Å²) >= 11 is 0. The van der Waals surface area contributed by atoms with Crippen molar-refractivity contribution in [2.75, 3.05) is 51.4 Å². The number of benzene rings is 1. The van der Waals surface area contributed by atoms with E-state index < -0.39 is 5.41 Å². The molecule has 0 unspecified atom stereocenters. The molecule has 3 rings (SSSR count). The van der Waals surface area contributed by atoms with Crippen molar-refractivity contribution >= 4 is 17.5 Å². The lowest BCUT2D eigenvalue weighted by Gasteiger charge is -2.38. The van der Waals surface area contributed by atoms with Crippen LogP contribution in [-0.2, 0) is 14.3 Å². The van der Waals surface area contributed by atoms with Crippen molar-refractivity contribution in [1.82, 2.24) is 4.90 Å². The van der Waals surface area contributed by atoms with Crippen molar-refractivity contribution in [3.05, 3.63) is 18.2 Å². The average Bonchev–Trinajstić information content (AvgIpc) is 2.72. The summed E-state index contributed by atoms with van der Waals surface area (Å²) in [6.45, 7) is 4.57. The standard InChI is InChI=1S/C19H27N3O5/c1-2-22(18(24)19(13-20)5-7-25-8-6-19)12-17(23)21-14-3-4-15-16(11-14)27-10-9-26-15/h3-4,11H,2,5-10,12-13,20H2,1H3,(H,21,23). The van der Waals surface area contributed by atoms with Gasteiger partial charge in [-0.15, -0.1) is 0 Å². The highest BCUT2D eigenvalue weighted by Crippen LogP contribution is 2.33. The first-order valence-electron chi connectivity index (χ1n) is 9.34. The Morgan fingerprint density at radius 1 is 1.15 bits per heavy atom. The van der Waals surface area contributed by atoms with Gasteiger partial charge in [-0.2, -0.15) is 0 Å². The summed E-state index contributed by atoms with van der Waals surface area (Å²) in [4.78, 5) is 27.1. The Morgan fingerprint density at radius 3 is 2.52 bits per heavy atom. The summed E-state index contributed by atoms with van der Waals surface area (Å²) in [6.07, 6.45) is 1.17. The quantitative estimate of drug-likeness (QED) is 0.767. The number of amides is 2. The van der Waals surface area contributed by atoms with Crippen molar-refractivity contribution in [3.63, 3.8) is 0 Å². The Hall–Kier alpha value is -2.32. The fourth-order valence-corrected chi connectivity index (χ4v) is 3.43. The first-order chi connectivity index (χ1) is 13.1. The lowest BCUT2D eigenvalue weighted by Crippen LogP contribution is -2.52. The largest absolute Gasteiger partial charge is 0.486 e. The minimum absolute atomic E-state index is 0.0214. The summed E-state index contributed by atoms with van der Waals surface area (Å²) in [5, 5.41) is 2.82. The normalized spacial score (nSPS) is 17.9. The predicted molar refractivity (Wildman–Crippen MR) is 99.9 cm³/mol. The fourth-order valence-electron chi connectivity index (χ4n) is 3.43. The number of rotatable bonds is 6. The summed E-state index contributed by atoms with van der Waals surface area (Å²) in [7, 11) is 0. The van der Waals surface area contributed by atoms with E-state index in [4.69, 9.17) is 19.9 Å². The van der Waals surface area contributed by atoms with E-state index in [1.54, 1.807) is 23.1 Å². The van der Waals surface area contributed by atoms with Gasteiger partial charge in [-0.05, 0) is 31.9 Å². The van der Waals surface area contributed by atoms with Gasteiger partial charge in [0.1, 0.15) is 13.2 Å². The molecule has 0 saturated carbocycles. The van der Waals surface area contributed by atoms with Crippen LogP contribution in [0.1, 0.15) is 19.8 Å². The number of likely N-dealkylation sites (N-methyl/N-ethyl adjacent to an activating group) is 1. The van der Waals surface area contributed by atoms with Crippen molar-refractivity contribution in [2.45, 2.75) is 19.8 Å². The molecule has 1 saturated heterocycles. The summed E-state index contributed by atoms with van der Waals surface area (Å²) in [5.41, 5.74) is 5.89.